The van der Waals surface area contributed by atoms with Crippen LogP contribution in [0, 0.1) is 20.8 Å². The first-order chi connectivity index (χ1) is 12.5. The molecule has 1 heterocycles. The van der Waals surface area contributed by atoms with Gasteiger partial charge >= 0.3 is 6.03 Å². The van der Waals surface area contributed by atoms with Gasteiger partial charge in [0.25, 0.3) is 0 Å². The van der Waals surface area contributed by atoms with Gasteiger partial charge in [-0.15, -0.1) is 0 Å². The number of nitrogens with zero attached hydrogens (tertiary/aromatic N) is 1. The average molecular weight is 349 g/mol. The molecule has 0 radical (unpaired) electrons. The van der Waals surface area contributed by atoms with Gasteiger partial charge in [0.05, 0.1) is 5.69 Å². The summed E-state index contributed by atoms with van der Waals surface area (Å²) in [5, 5.41) is 5.68. The van der Waals surface area contributed by atoms with Gasteiger partial charge in [0.15, 0.2) is 0 Å². The number of hydrogen-bond acceptors (Lipinski definition) is 3. The van der Waals surface area contributed by atoms with Gasteiger partial charge < -0.3 is 15.1 Å². The lowest BCUT2D eigenvalue weighted by Crippen LogP contribution is -2.30. The molecule has 3 rings (SSSR count). The normalized spacial score (nSPS) is 10.6. The summed E-state index contributed by atoms with van der Waals surface area (Å²) in [4.78, 5) is 16.5. The van der Waals surface area contributed by atoms with E-state index in [1.807, 2.05) is 63.2 Å². The second kappa shape index (κ2) is 7.87. The maximum Gasteiger partial charge on any atom is 0.319 e. The largest absolute Gasteiger partial charge is 0.444 e. The molecule has 5 heteroatoms. The summed E-state index contributed by atoms with van der Waals surface area (Å²) in [5.41, 5.74) is 6.09. The van der Waals surface area contributed by atoms with Crippen molar-refractivity contribution in [2.45, 2.75) is 27.2 Å². The number of hydrogen-bond donors (Lipinski definition) is 2. The van der Waals surface area contributed by atoms with E-state index >= 15 is 0 Å². The summed E-state index contributed by atoms with van der Waals surface area (Å²) in [6.07, 6.45) is 2.24. The Hall–Kier alpha value is -3.08. The molecule has 1 aromatic heterocycles. The predicted octanol–water partition coefficient (Wildman–Crippen LogP) is 4.63. The molecule has 2 N–H and O–H groups in total. The number of rotatable bonds is 5. The highest BCUT2D eigenvalue weighted by Crippen LogP contribution is 2.19. The van der Waals surface area contributed by atoms with E-state index in [4.69, 9.17) is 4.42 Å². The Morgan fingerprint density at radius 1 is 1.04 bits per heavy atom. The number of aromatic nitrogens is 1. The molecule has 5 nitrogen and oxygen atoms in total. The zero-order valence-electron chi connectivity index (χ0n) is 15.3. The Bertz CT molecular complexity index is 898. The van der Waals surface area contributed by atoms with Crippen molar-refractivity contribution in [2.24, 2.45) is 0 Å². The molecular weight excluding hydrogens is 326 g/mol. The number of oxazole rings is 1. The molecule has 3 aromatic rings. The number of nitrogens with one attached hydrogen (secondary N) is 2. The summed E-state index contributed by atoms with van der Waals surface area (Å²) in [7, 11) is 0. The number of carbonyl (C=O) groups is 1. The lowest BCUT2D eigenvalue weighted by Gasteiger charge is -2.08. The highest BCUT2D eigenvalue weighted by atomic mass is 16.3. The van der Waals surface area contributed by atoms with Gasteiger partial charge in [-0.05, 0) is 56.2 Å². The van der Waals surface area contributed by atoms with Crippen LogP contribution in [0.2, 0.25) is 0 Å². The van der Waals surface area contributed by atoms with Gasteiger partial charge in [-0.25, -0.2) is 9.78 Å². The Morgan fingerprint density at radius 2 is 1.81 bits per heavy atom. The summed E-state index contributed by atoms with van der Waals surface area (Å²) in [5.74, 6) is 0.597. The minimum Gasteiger partial charge on any atom is -0.444 e. The van der Waals surface area contributed by atoms with E-state index in [1.165, 1.54) is 11.1 Å². The topological polar surface area (TPSA) is 67.2 Å². The van der Waals surface area contributed by atoms with Crippen LogP contribution in [0.5, 0.6) is 0 Å². The summed E-state index contributed by atoms with van der Waals surface area (Å²) in [6, 6.07) is 13.6. The highest BCUT2D eigenvalue weighted by Gasteiger charge is 2.07. The maximum atomic E-state index is 12.0. The van der Waals surface area contributed by atoms with E-state index in [2.05, 4.69) is 15.6 Å². The van der Waals surface area contributed by atoms with E-state index in [-0.39, 0.29) is 6.03 Å². The van der Waals surface area contributed by atoms with Crippen molar-refractivity contribution < 1.29 is 9.21 Å². The molecule has 0 atom stereocenters. The van der Waals surface area contributed by atoms with Gasteiger partial charge in [-0.2, -0.15) is 0 Å². The van der Waals surface area contributed by atoms with E-state index in [0.29, 0.717) is 18.9 Å². The molecule has 2 amide bonds. The van der Waals surface area contributed by atoms with Gasteiger partial charge in [-0.1, -0.05) is 23.8 Å². The average Bonchev–Trinajstić information content (AvgIpc) is 3.08. The van der Waals surface area contributed by atoms with Crippen LogP contribution >= 0.6 is 0 Å². The van der Waals surface area contributed by atoms with Crippen molar-refractivity contribution in [3.05, 3.63) is 71.1 Å². The molecule has 0 saturated carbocycles. The number of anilines is 1. The fraction of sp³-hybridized carbons (Fsp3) is 0.238. The van der Waals surface area contributed by atoms with Gasteiger partial charge in [0, 0.05) is 24.2 Å². The molecule has 2 aromatic carbocycles. The van der Waals surface area contributed by atoms with Crippen molar-refractivity contribution in [1.29, 1.82) is 0 Å². The molecule has 26 heavy (non-hydrogen) atoms. The molecule has 134 valence electrons. The first-order valence-electron chi connectivity index (χ1n) is 8.65. The van der Waals surface area contributed by atoms with Gasteiger partial charge in [0.1, 0.15) is 6.26 Å². The van der Waals surface area contributed by atoms with Gasteiger partial charge in [0.2, 0.25) is 5.89 Å². The Morgan fingerprint density at radius 3 is 2.54 bits per heavy atom. The molecule has 0 aliphatic heterocycles. The van der Waals surface area contributed by atoms with Crippen LogP contribution in [-0.2, 0) is 6.42 Å². The fourth-order valence-corrected chi connectivity index (χ4v) is 2.55. The van der Waals surface area contributed by atoms with Crippen LogP contribution < -0.4 is 10.6 Å². The Balaban J connectivity index is 1.49. The standard InChI is InChI=1S/C21H23N3O2/c1-14-4-7-17(8-5-14)20-23-19(13-26-20)10-11-22-21(25)24-18-9-6-15(2)16(3)12-18/h4-9,12-13H,10-11H2,1-3H3,(H2,22,24,25). The number of benzene rings is 2. The SMILES string of the molecule is Cc1ccc(-c2nc(CCNC(=O)Nc3ccc(C)c(C)c3)co2)cc1. The molecule has 0 aliphatic rings. The lowest BCUT2D eigenvalue weighted by molar-refractivity contribution is 0.252. The van der Waals surface area contributed by atoms with Crippen molar-refractivity contribution in [3.63, 3.8) is 0 Å². The number of amides is 2. The minimum atomic E-state index is -0.226. The number of carbonyl (C=O) groups excluding carboxylic acids is 1. The lowest BCUT2D eigenvalue weighted by atomic mass is 10.1. The molecule has 0 fully saturated rings. The van der Waals surface area contributed by atoms with Crippen LogP contribution in [0.25, 0.3) is 11.5 Å². The van der Waals surface area contributed by atoms with E-state index in [0.717, 1.165) is 22.5 Å². The van der Waals surface area contributed by atoms with Crippen LogP contribution in [0.1, 0.15) is 22.4 Å². The van der Waals surface area contributed by atoms with Crippen molar-refractivity contribution in [1.82, 2.24) is 10.3 Å². The highest BCUT2D eigenvalue weighted by molar-refractivity contribution is 5.89. The van der Waals surface area contributed by atoms with Crippen LogP contribution in [0.3, 0.4) is 0 Å². The quantitative estimate of drug-likeness (QED) is 0.705. The zero-order valence-corrected chi connectivity index (χ0v) is 15.3. The fourth-order valence-electron chi connectivity index (χ4n) is 2.55. The monoisotopic (exact) mass is 349 g/mol. The second-order valence-electron chi connectivity index (χ2n) is 6.44. The summed E-state index contributed by atoms with van der Waals surface area (Å²) >= 11 is 0. The van der Waals surface area contributed by atoms with Crippen LogP contribution in [0.15, 0.2) is 53.1 Å². The van der Waals surface area contributed by atoms with Crippen LogP contribution in [-0.4, -0.2) is 17.6 Å². The maximum absolute atomic E-state index is 12.0. The third-order valence-corrected chi connectivity index (χ3v) is 4.28. The number of aryl methyl sites for hydroxylation is 3. The smallest absolute Gasteiger partial charge is 0.319 e. The van der Waals surface area contributed by atoms with E-state index in [1.54, 1.807) is 6.26 Å². The third kappa shape index (κ3) is 4.51. The third-order valence-electron chi connectivity index (χ3n) is 4.28. The Labute approximate surface area is 153 Å². The first kappa shape index (κ1) is 17.7. The zero-order chi connectivity index (χ0) is 18.5. The first-order valence-corrected chi connectivity index (χ1v) is 8.65. The van der Waals surface area contributed by atoms with E-state index in [9.17, 15) is 4.79 Å². The molecule has 0 unspecified atom stereocenters. The summed E-state index contributed by atoms with van der Waals surface area (Å²) < 4.78 is 5.53. The molecule has 0 saturated heterocycles. The molecule has 0 aliphatic carbocycles. The molecular formula is C21H23N3O2. The summed E-state index contributed by atoms with van der Waals surface area (Å²) in [6.45, 7) is 6.59. The second-order valence-corrected chi connectivity index (χ2v) is 6.44. The molecule has 0 bridgehead atoms. The molecule has 0 spiro atoms. The minimum absolute atomic E-state index is 0.226. The predicted molar refractivity (Wildman–Crippen MR) is 103 cm³/mol. The van der Waals surface area contributed by atoms with Crippen molar-refractivity contribution in [3.8, 4) is 11.5 Å². The van der Waals surface area contributed by atoms with Gasteiger partial charge in [-0.3, -0.25) is 0 Å². The van der Waals surface area contributed by atoms with Crippen molar-refractivity contribution in [2.75, 3.05) is 11.9 Å². The van der Waals surface area contributed by atoms with Crippen LogP contribution in [0.4, 0.5) is 10.5 Å². The van der Waals surface area contributed by atoms with E-state index < -0.39 is 0 Å². The van der Waals surface area contributed by atoms with Crippen molar-refractivity contribution >= 4 is 11.7 Å². The number of urea groups is 1. The Kier molecular flexibility index (Phi) is 5.37.